The van der Waals surface area contributed by atoms with Crippen molar-refractivity contribution in [3.05, 3.63) is 40.6 Å². The summed E-state index contributed by atoms with van der Waals surface area (Å²) in [6, 6.07) is 6.88. The minimum absolute atomic E-state index is 0. The van der Waals surface area contributed by atoms with Crippen molar-refractivity contribution in [2.24, 2.45) is 0 Å². The van der Waals surface area contributed by atoms with Gasteiger partial charge in [-0.1, -0.05) is 18.2 Å². The van der Waals surface area contributed by atoms with Crippen LogP contribution in [-0.4, -0.2) is 13.0 Å². The van der Waals surface area contributed by atoms with Gasteiger partial charge in [0.15, 0.2) is 0 Å². The van der Waals surface area contributed by atoms with E-state index in [4.69, 9.17) is 4.55 Å². The summed E-state index contributed by atoms with van der Waals surface area (Å²) in [6.45, 7) is 0. The van der Waals surface area contributed by atoms with Gasteiger partial charge in [-0.15, -0.1) is 12.4 Å². The summed E-state index contributed by atoms with van der Waals surface area (Å²) in [5.41, 5.74) is 0. The van der Waals surface area contributed by atoms with Crippen LogP contribution in [-0.2, 0) is 10.1 Å². The first-order valence-electron chi connectivity index (χ1n) is 4.25. The summed E-state index contributed by atoms with van der Waals surface area (Å²) in [5, 5.41) is 0.301. The highest BCUT2D eigenvalue weighted by molar-refractivity contribution is 9.10. The molecule has 0 unspecified atom stereocenters. The van der Waals surface area contributed by atoms with Crippen LogP contribution in [0.25, 0.3) is 10.8 Å². The van der Waals surface area contributed by atoms with Crippen LogP contribution in [0.4, 0.5) is 4.39 Å². The smallest absolute Gasteiger partial charge is 0.282 e. The molecule has 92 valence electrons. The fourth-order valence-electron chi connectivity index (χ4n) is 1.53. The predicted molar refractivity (Wildman–Crippen MR) is 68.7 cm³/mol. The molecule has 7 heteroatoms. The van der Waals surface area contributed by atoms with Gasteiger partial charge in [0, 0.05) is 15.2 Å². The minimum Gasteiger partial charge on any atom is -0.282 e. The summed E-state index contributed by atoms with van der Waals surface area (Å²) < 4.78 is 45.0. The maximum Gasteiger partial charge on any atom is 0.296 e. The lowest BCUT2D eigenvalue weighted by Gasteiger charge is -2.06. The Labute approximate surface area is 112 Å². The van der Waals surface area contributed by atoms with Crippen molar-refractivity contribution in [2.45, 2.75) is 4.90 Å². The van der Waals surface area contributed by atoms with E-state index in [9.17, 15) is 12.8 Å². The molecule has 2 aromatic carbocycles. The fourth-order valence-corrected chi connectivity index (χ4v) is 3.26. The molecule has 0 aromatic heterocycles. The molecule has 2 rings (SSSR count). The van der Waals surface area contributed by atoms with Gasteiger partial charge in [-0.25, -0.2) is 4.39 Å². The van der Waals surface area contributed by atoms with Gasteiger partial charge < -0.3 is 0 Å². The molecule has 1 N–H and O–H groups in total. The number of halogens is 3. The Balaban J connectivity index is 0.00000144. The van der Waals surface area contributed by atoms with Crippen molar-refractivity contribution in [3.8, 4) is 0 Å². The quantitative estimate of drug-likeness (QED) is 0.809. The third-order valence-corrected chi connectivity index (χ3v) is 4.05. The molecule has 0 amide bonds. The van der Waals surface area contributed by atoms with Gasteiger partial charge in [0.05, 0.1) is 0 Å². The van der Waals surface area contributed by atoms with E-state index in [1.54, 1.807) is 0 Å². The minimum atomic E-state index is -4.39. The Morgan fingerprint density at radius 3 is 2.35 bits per heavy atom. The van der Waals surface area contributed by atoms with E-state index in [0.29, 0.717) is 0 Å². The molecule has 2 aromatic rings. The number of hydrogen-bond acceptors (Lipinski definition) is 2. The molecule has 17 heavy (non-hydrogen) atoms. The molecular formula is C10H7BrClFO3S. The molecule has 0 bridgehead atoms. The van der Waals surface area contributed by atoms with Crippen LogP contribution in [0.3, 0.4) is 0 Å². The summed E-state index contributed by atoms with van der Waals surface area (Å²) >= 11 is 3.02. The second-order valence-electron chi connectivity index (χ2n) is 3.19. The topological polar surface area (TPSA) is 54.4 Å². The van der Waals surface area contributed by atoms with Gasteiger partial charge in [-0.2, -0.15) is 8.42 Å². The molecule has 0 spiro atoms. The lowest BCUT2D eigenvalue weighted by molar-refractivity contribution is 0.483. The van der Waals surface area contributed by atoms with Crippen molar-refractivity contribution in [2.75, 3.05) is 0 Å². The molecular weight excluding hydrogens is 335 g/mol. The number of benzene rings is 2. The zero-order valence-electron chi connectivity index (χ0n) is 8.22. The Hall–Kier alpha value is -0.690. The van der Waals surface area contributed by atoms with Gasteiger partial charge >= 0.3 is 0 Å². The lowest BCUT2D eigenvalue weighted by atomic mass is 10.1. The van der Waals surface area contributed by atoms with Gasteiger partial charge in [0.2, 0.25) is 0 Å². The normalized spacial score (nSPS) is 11.2. The average molecular weight is 342 g/mol. The molecule has 3 nitrogen and oxygen atoms in total. The molecule has 0 saturated carbocycles. The Kier molecular flexibility index (Phi) is 4.14. The van der Waals surface area contributed by atoms with E-state index in [-0.39, 0.29) is 32.5 Å². The summed E-state index contributed by atoms with van der Waals surface area (Å²) in [7, 11) is -4.39. The van der Waals surface area contributed by atoms with Crippen molar-refractivity contribution >= 4 is 49.2 Å². The Bertz CT molecular complexity index is 673. The molecule has 0 aliphatic rings. The number of rotatable bonds is 1. The molecule has 0 heterocycles. The van der Waals surface area contributed by atoms with Gasteiger partial charge in [-0.05, 0) is 28.1 Å². The molecule has 0 aliphatic heterocycles. The van der Waals surface area contributed by atoms with Crippen LogP contribution >= 0.6 is 28.3 Å². The fraction of sp³-hybridized carbons (Fsp3) is 0. The summed E-state index contributed by atoms with van der Waals surface area (Å²) in [4.78, 5) is -0.315. The van der Waals surface area contributed by atoms with Crippen LogP contribution < -0.4 is 0 Å². The molecule has 0 radical (unpaired) electrons. The maximum atomic E-state index is 13.4. The zero-order chi connectivity index (χ0) is 11.9. The monoisotopic (exact) mass is 340 g/mol. The first kappa shape index (κ1) is 14.4. The Morgan fingerprint density at radius 2 is 1.76 bits per heavy atom. The number of hydrogen-bond donors (Lipinski definition) is 1. The second-order valence-corrected chi connectivity index (χ2v) is 5.40. The van der Waals surface area contributed by atoms with E-state index in [1.807, 2.05) is 0 Å². The van der Waals surface area contributed by atoms with Gasteiger partial charge in [0.25, 0.3) is 10.1 Å². The molecule has 0 fully saturated rings. The van der Waals surface area contributed by atoms with Gasteiger partial charge in [-0.3, -0.25) is 4.55 Å². The summed E-state index contributed by atoms with van der Waals surface area (Å²) in [6.07, 6.45) is 0. The second kappa shape index (κ2) is 4.89. The van der Waals surface area contributed by atoms with E-state index >= 15 is 0 Å². The summed E-state index contributed by atoms with van der Waals surface area (Å²) in [5.74, 6) is -0.533. The molecule has 0 saturated heterocycles. The lowest BCUT2D eigenvalue weighted by Crippen LogP contribution is -2.00. The first-order valence-corrected chi connectivity index (χ1v) is 6.49. The van der Waals surface area contributed by atoms with Crippen LogP contribution in [0.1, 0.15) is 0 Å². The first-order chi connectivity index (χ1) is 7.41. The van der Waals surface area contributed by atoms with Crippen LogP contribution in [0.15, 0.2) is 39.7 Å². The standard InChI is InChI=1S/C10H6BrFO3S.ClH/c11-8-5-4-6-7(2-1-3-9(6)12)10(8)16(13,14)15;/h1-5H,(H,13,14,15);1H. The van der Waals surface area contributed by atoms with Gasteiger partial charge in [0.1, 0.15) is 10.7 Å². The maximum absolute atomic E-state index is 13.4. The third-order valence-electron chi connectivity index (χ3n) is 2.17. The van der Waals surface area contributed by atoms with Crippen molar-refractivity contribution in [1.82, 2.24) is 0 Å². The third kappa shape index (κ3) is 2.60. The number of fused-ring (bicyclic) bond motifs is 1. The predicted octanol–water partition coefficient (Wildman–Crippen LogP) is 3.41. The average Bonchev–Trinajstić information content (AvgIpc) is 2.15. The highest BCUT2D eigenvalue weighted by atomic mass is 79.9. The van der Waals surface area contributed by atoms with E-state index in [2.05, 4.69) is 15.9 Å². The van der Waals surface area contributed by atoms with Crippen LogP contribution in [0.2, 0.25) is 0 Å². The zero-order valence-corrected chi connectivity index (χ0v) is 11.4. The Morgan fingerprint density at radius 1 is 1.12 bits per heavy atom. The van der Waals surface area contributed by atoms with E-state index in [1.165, 1.54) is 30.3 Å². The highest BCUT2D eigenvalue weighted by Gasteiger charge is 2.18. The van der Waals surface area contributed by atoms with Crippen molar-refractivity contribution < 1.29 is 17.4 Å². The van der Waals surface area contributed by atoms with Crippen molar-refractivity contribution in [1.29, 1.82) is 0 Å². The van der Waals surface area contributed by atoms with E-state index < -0.39 is 15.9 Å². The molecule has 0 atom stereocenters. The largest absolute Gasteiger partial charge is 0.296 e. The highest BCUT2D eigenvalue weighted by Crippen LogP contribution is 2.31. The van der Waals surface area contributed by atoms with E-state index in [0.717, 1.165) is 0 Å². The SMILES string of the molecule is Cl.O=S(=O)(O)c1c(Br)ccc2c(F)cccc12. The van der Waals surface area contributed by atoms with Crippen LogP contribution in [0, 0.1) is 5.82 Å². The van der Waals surface area contributed by atoms with Crippen LogP contribution in [0.5, 0.6) is 0 Å². The van der Waals surface area contributed by atoms with Crippen molar-refractivity contribution in [3.63, 3.8) is 0 Å². The molecule has 0 aliphatic carbocycles.